The number of rotatable bonds is 11. The zero-order valence-corrected chi connectivity index (χ0v) is 18.9. The van der Waals surface area contributed by atoms with Crippen LogP contribution in [0.3, 0.4) is 0 Å². The van der Waals surface area contributed by atoms with Crippen molar-refractivity contribution in [1.29, 1.82) is 0 Å². The van der Waals surface area contributed by atoms with E-state index in [4.69, 9.17) is 9.72 Å². The highest BCUT2D eigenvalue weighted by molar-refractivity contribution is 5.71. The smallest absolute Gasteiger partial charge is 0.144 e. The molecule has 30 heavy (non-hydrogen) atoms. The zero-order valence-electron chi connectivity index (χ0n) is 18.9. The van der Waals surface area contributed by atoms with Gasteiger partial charge in [-0.1, -0.05) is 69.2 Å². The van der Waals surface area contributed by atoms with Crippen molar-refractivity contribution in [2.24, 2.45) is 0 Å². The molecule has 160 valence electrons. The van der Waals surface area contributed by atoms with Gasteiger partial charge in [0.15, 0.2) is 0 Å². The summed E-state index contributed by atoms with van der Waals surface area (Å²) in [6.07, 6.45) is 4.69. The van der Waals surface area contributed by atoms with Gasteiger partial charge in [-0.3, -0.25) is 0 Å². The first-order valence-corrected chi connectivity index (χ1v) is 11.2. The van der Waals surface area contributed by atoms with Gasteiger partial charge in [0.2, 0.25) is 0 Å². The number of methoxy groups -OCH3 is 1. The molecule has 0 aliphatic carbocycles. The second-order valence-corrected chi connectivity index (χ2v) is 7.89. The van der Waals surface area contributed by atoms with Crippen molar-refractivity contribution < 1.29 is 4.74 Å². The Kier molecular flexibility index (Phi) is 8.09. The average molecular weight is 406 g/mol. The van der Waals surface area contributed by atoms with Crippen LogP contribution in [0.2, 0.25) is 0 Å². The van der Waals surface area contributed by atoms with Crippen LogP contribution in [-0.2, 0) is 13.1 Å². The molecule has 0 unspecified atom stereocenters. The van der Waals surface area contributed by atoms with Crippen molar-refractivity contribution in [1.82, 2.24) is 14.5 Å². The van der Waals surface area contributed by atoms with Crippen LogP contribution in [0.1, 0.15) is 45.2 Å². The van der Waals surface area contributed by atoms with Crippen molar-refractivity contribution >= 4 is 0 Å². The first kappa shape index (κ1) is 22.1. The van der Waals surface area contributed by atoms with Crippen LogP contribution in [-0.4, -0.2) is 35.2 Å². The molecule has 4 heteroatoms. The standard InChI is InChI=1S/C26H35N3O/c1-5-7-18-28(3)20-23-25(21-14-10-9-11-15-21)27-26(29(23)19-8-6-2)22-16-12-13-17-24(22)30-4/h9-17H,5-8,18-20H2,1-4H3. The lowest BCUT2D eigenvalue weighted by Gasteiger charge is -2.20. The third-order valence-electron chi connectivity index (χ3n) is 5.52. The Bertz CT molecular complexity index is 917. The van der Waals surface area contributed by atoms with Crippen LogP contribution in [0, 0.1) is 0 Å². The van der Waals surface area contributed by atoms with E-state index in [0.717, 1.165) is 55.3 Å². The Labute approximate surface area is 181 Å². The van der Waals surface area contributed by atoms with E-state index >= 15 is 0 Å². The van der Waals surface area contributed by atoms with Gasteiger partial charge in [-0.25, -0.2) is 4.98 Å². The molecule has 1 heterocycles. The molecule has 4 nitrogen and oxygen atoms in total. The molecule has 0 radical (unpaired) electrons. The van der Waals surface area contributed by atoms with Gasteiger partial charge < -0.3 is 14.2 Å². The van der Waals surface area contributed by atoms with E-state index in [9.17, 15) is 0 Å². The second-order valence-electron chi connectivity index (χ2n) is 7.89. The van der Waals surface area contributed by atoms with Gasteiger partial charge in [0, 0.05) is 18.7 Å². The lowest BCUT2D eigenvalue weighted by atomic mass is 10.1. The summed E-state index contributed by atoms with van der Waals surface area (Å²) in [5.74, 6) is 1.87. The molecular formula is C26H35N3O. The molecular weight excluding hydrogens is 370 g/mol. The molecule has 0 aliphatic heterocycles. The Morgan fingerprint density at radius 2 is 1.63 bits per heavy atom. The summed E-state index contributed by atoms with van der Waals surface area (Å²) < 4.78 is 8.11. The fraction of sp³-hybridized carbons (Fsp3) is 0.423. The molecule has 3 aromatic rings. The molecule has 0 spiro atoms. The van der Waals surface area contributed by atoms with Gasteiger partial charge >= 0.3 is 0 Å². The van der Waals surface area contributed by atoms with Gasteiger partial charge in [-0.05, 0) is 38.6 Å². The van der Waals surface area contributed by atoms with E-state index < -0.39 is 0 Å². The maximum absolute atomic E-state index is 5.68. The number of unbranched alkanes of at least 4 members (excludes halogenated alkanes) is 2. The summed E-state index contributed by atoms with van der Waals surface area (Å²) in [6.45, 7) is 7.42. The van der Waals surface area contributed by atoms with Gasteiger partial charge in [-0.2, -0.15) is 0 Å². The first-order chi connectivity index (χ1) is 14.7. The number of aromatic nitrogens is 2. The molecule has 1 aromatic heterocycles. The summed E-state index contributed by atoms with van der Waals surface area (Å²) in [4.78, 5) is 7.62. The van der Waals surface area contributed by atoms with Gasteiger partial charge in [0.1, 0.15) is 11.6 Å². The summed E-state index contributed by atoms with van der Waals surface area (Å²) >= 11 is 0. The Balaban J connectivity index is 2.16. The highest BCUT2D eigenvalue weighted by Gasteiger charge is 2.22. The maximum atomic E-state index is 5.68. The number of para-hydroxylation sites is 1. The lowest BCUT2D eigenvalue weighted by molar-refractivity contribution is 0.312. The van der Waals surface area contributed by atoms with Crippen molar-refractivity contribution in [3.63, 3.8) is 0 Å². The molecule has 0 atom stereocenters. The predicted molar refractivity (Wildman–Crippen MR) is 126 cm³/mol. The fourth-order valence-corrected chi connectivity index (χ4v) is 3.83. The van der Waals surface area contributed by atoms with Crippen LogP contribution in [0.4, 0.5) is 0 Å². The van der Waals surface area contributed by atoms with Crippen LogP contribution in [0.15, 0.2) is 54.6 Å². The number of imidazole rings is 1. The Hall–Kier alpha value is -2.59. The fourth-order valence-electron chi connectivity index (χ4n) is 3.83. The molecule has 0 bridgehead atoms. The van der Waals surface area contributed by atoms with Gasteiger partial charge in [0.05, 0.1) is 24.1 Å². The quantitative estimate of drug-likeness (QED) is 0.377. The van der Waals surface area contributed by atoms with Crippen LogP contribution < -0.4 is 4.74 Å². The number of ether oxygens (including phenoxy) is 1. The third-order valence-corrected chi connectivity index (χ3v) is 5.52. The first-order valence-electron chi connectivity index (χ1n) is 11.2. The minimum Gasteiger partial charge on any atom is -0.496 e. The summed E-state index contributed by atoms with van der Waals surface area (Å²) in [6, 6.07) is 18.8. The highest BCUT2D eigenvalue weighted by Crippen LogP contribution is 2.35. The molecule has 0 saturated heterocycles. The van der Waals surface area contributed by atoms with E-state index in [0.29, 0.717) is 0 Å². The van der Waals surface area contributed by atoms with Crippen LogP contribution in [0.5, 0.6) is 5.75 Å². The highest BCUT2D eigenvalue weighted by atomic mass is 16.5. The van der Waals surface area contributed by atoms with E-state index in [1.54, 1.807) is 7.11 Å². The minimum atomic E-state index is 0.866. The molecule has 0 aliphatic rings. The van der Waals surface area contributed by atoms with E-state index in [1.807, 2.05) is 12.1 Å². The number of hydrogen-bond donors (Lipinski definition) is 0. The summed E-state index contributed by atoms with van der Waals surface area (Å²) in [7, 11) is 3.94. The van der Waals surface area contributed by atoms with Crippen molar-refractivity contribution in [2.45, 2.75) is 52.6 Å². The van der Waals surface area contributed by atoms with Gasteiger partial charge in [0.25, 0.3) is 0 Å². The molecule has 2 aromatic carbocycles. The second kappa shape index (κ2) is 11.0. The van der Waals surface area contributed by atoms with E-state index in [2.05, 4.69) is 72.8 Å². The normalized spacial score (nSPS) is 11.2. The molecule has 0 N–H and O–H groups in total. The largest absolute Gasteiger partial charge is 0.496 e. The molecule has 3 rings (SSSR count). The summed E-state index contributed by atoms with van der Waals surface area (Å²) in [5, 5.41) is 0. The SMILES string of the molecule is CCCCN(C)Cc1c(-c2ccccc2)nc(-c2ccccc2OC)n1CCCC. The topological polar surface area (TPSA) is 30.3 Å². The molecule has 0 amide bonds. The van der Waals surface area contributed by atoms with E-state index in [-0.39, 0.29) is 0 Å². The Morgan fingerprint density at radius 1 is 0.933 bits per heavy atom. The minimum absolute atomic E-state index is 0.866. The van der Waals surface area contributed by atoms with Crippen molar-refractivity contribution in [2.75, 3.05) is 20.7 Å². The number of nitrogens with zero attached hydrogens (tertiary/aromatic N) is 3. The molecule has 0 saturated carbocycles. The lowest BCUT2D eigenvalue weighted by Crippen LogP contribution is -2.21. The zero-order chi connectivity index (χ0) is 21.3. The van der Waals surface area contributed by atoms with Crippen molar-refractivity contribution in [3.8, 4) is 28.4 Å². The van der Waals surface area contributed by atoms with Crippen LogP contribution in [0.25, 0.3) is 22.6 Å². The summed E-state index contributed by atoms with van der Waals surface area (Å²) in [5.41, 5.74) is 4.59. The monoisotopic (exact) mass is 405 g/mol. The van der Waals surface area contributed by atoms with Gasteiger partial charge in [-0.15, -0.1) is 0 Å². The number of benzene rings is 2. The number of hydrogen-bond acceptors (Lipinski definition) is 3. The third kappa shape index (κ3) is 5.11. The Morgan fingerprint density at radius 3 is 2.33 bits per heavy atom. The van der Waals surface area contributed by atoms with Crippen LogP contribution >= 0.6 is 0 Å². The predicted octanol–water partition coefficient (Wildman–Crippen LogP) is 6.26. The van der Waals surface area contributed by atoms with E-state index in [1.165, 1.54) is 24.1 Å². The van der Waals surface area contributed by atoms with Crippen molar-refractivity contribution in [3.05, 3.63) is 60.3 Å². The maximum Gasteiger partial charge on any atom is 0.144 e. The molecule has 0 fully saturated rings. The average Bonchev–Trinajstić information content (AvgIpc) is 3.14.